The second-order valence-electron chi connectivity index (χ2n) is 6.36. The van der Waals surface area contributed by atoms with Crippen molar-refractivity contribution in [3.8, 4) is 0 Å². The van der Waals surface area contributed by atoms with E-state index in [0.717, 1.165) is 23.7 Å². The Labute approximate surface area is 161 Å². The molecule has 2 nitrogen and oxygen atoms in total. The Morgan fingerprint density at radius 3 is 3.12 bits per heavy atom. The van der Waals surface area contributed by atoms with E-state index in [4.69, 9.17) is 11.6 Å². The van der Waals surface area contributed by atoms with Crippen LogP contribution in [-0.2, 0) is 5.75 Å². The van der Waals surface area contributed by atoms with Gasteiger partial charge in [0.25, 0.3) is 0 Å². The molecular formula is C20H21ClN2S2. The smallest absolute Gasteiger partial charge is 0.0458 e. The van der Waals surface area contributed by atoms with Crippen molar-refractivity contribution in [3.05, 3.63) is 63.4 Å². The third-order valence-electron chi connectivity index (χ3n) is 4.66. The van der Waals surface area contributed by atoms with Crippen LogP contribution < -0.4 is 5.32 Å². The fourth-order valence-electron chi connectivity index (χ4n) is 3.31. The van der Waals surface area contributed by atoms with Gasteiger partial charge in [-0.2, -0.15) is 11.8 Å². The number of H-pyrrole nitrogens is 1. The predicted molar refractivity (Wildman–Crippen MR) is 113 cm³/mol. The molecule has 1 aliphatic rings. The predicted octanol–water partition coefficient (Wildman–Crippen LogP) is 5.95. The van der Waals surface area contributed by atoms with E-state index in [1.807, 2.05) is 29.2 Å². The van der Waals surface area contributed by atoms with Crippen LogP contribution in [0.25, 0.3) is 16.5 Å². The van der Waals surface area contributed by atoms with Crippen LogP contribution in [0.1, 0.15) is 23.3 Å². The lowest BCUT2D eigenvalue weighted by atomic mass is 9.99. The summed E-state index contributed by atoms with van der Waals surface area (Å²) >= 11 is 9.98. The molecule has 0 amide bonds. The number of aromatic amines is 1. The number of thiophene rings is 1. The zero-order chi connectivity index (χ0) is 17.1. The molecule has 0 saturated carbocycles. The fourth-order valence-corrected chi connectivity index (χ4v) is 5.32. The average molecular weight is 389 g/mol. The van der Waals surface area contributed by atoms with Gasteiger partial charge in [0, 0.05) is 45.3 Å². The molecule has 4 rings (SSSR count). The largest absolute Gasteiger partial charge is 0.361 e. The number of thioether (sulfide) groups is 1. The van der Waals surface area contributed by atoms with Crippen LogP contribution in [0.4, 0.5) is 0 Å². The van der Waals surface area contributed by atoms with E-state index in [1.54, 1.807) is 0 Å². The summed E-state index contributed by atoms with van der Waals surface area (Å²) in [4.78, 5) is 4.76. The number of hydrogen-bond acceptors (Lipinski definition) is 3. The summed E-state index contributed by atoms with van der Waals surface area (Å²) in [5.41, 5.74) is 4.02. The van der Waals surface area contributed by atoms with E-state index in [2.05, 4.69) is 52.2 Å². The molecule has 0 bridgehead atoms. The normalized spacial score (nSPS) is 17.8. The first-order chi connectivity index (χ1) is 12.3. The summed E-state index contributed by atoms with van der Waals surface area (Å²) in [5, 5.41) is 7.85. The Morgan fingerprint density at radius 1 is 1.28 bits per heavy atom. The van der Waals surface area contributed by atoms with Crippen LogP contribution in [0.2, 0.25) is 5.02 Å². The van der Waals surface area contributed by atoms with Gasteiger partial charge in [-0.1, -0.05) is 23.7 Å². The van der Waals surface area contributed by atoms with Gasteiger partial charge in [-0.3, -0.25) is 0 Å². The van der Waals surface area contributed by atoms with E-state index >= 15 is 0 Å². The van der Waals surface area contributed by atoms with Crippen molar-refractivity contribution in [3.63, 3.8) is 0 Å². The molecule has 2 aromatic heterocycles. The molecule has 2 N–H and O–H groups in total. The fraction of sp³-hybridized carbons (Fsp3) is 0.300. The van der Waals surface area contributed by atoms with Crippen molar-refractivity contribution in [2.45, 2.75) is 24.6 Å². The lowest BCUT2D eigenvalue weighted by molar-refractivity contribution is 0.525. The number of aromatic nitrogens is 1. The minimum Gasteiger partial charge on any atom is -0.361 e. The lowest BCUT2D eigenvalue weighted by Gasteiger charge is -2.23. The van der Waals surface area contributed by atoms with Crippen molar-refractivity contribution in [2.75, 3.05) is 12.3 Å². The first-order valence-corrected chi connectivity index (χ1v) is 11.0. The standard InChI is InChI=1S/C20H21ClN2S2/c21-16-3-4-19-18(11-16)15(12-23-19)13-24-9-6-17-10-14(5-7-22-17)20-2-1-8-25-20/h1-5,8,11-12,17,22-23H,6-7,9-10,13H2. The van der Waals surface area contributed by atoms with Crippen molar-refractivity contribution in [1.82, 2.24) is 10.3 Å². The molecule has 130 valence electrons. The number of fused-ring (bicyclic) bond motifs is 1. The quantitative estimate of drug-likeness (QED) is 0.510. The molecule has 0 spiro atoms. The summed E-state index contributed by atoms with van der Waals surface area (Å²) in [7, 11) is 0. The molecule has 0 saturated heterocycles. The molecule has 1 atom stereocenters. The van der Waals surface area contributed by atoms with Gasteiger partial charge >= 0.3 is 0 Å². The molecule has 25 heavy (non-hydrogen) atoms. The van der Waals surface area contributed by atoms with Crippen LogP contribution in [0, 0.1) is 0 Å². The Bertz CT molecular complexity index is 867. The Kier molecular flexibility index (Phi) is 5.51. The van der Waals surface area contributed by atoms with E-state index in [0.29, 0.717) is 6.04 Å². The Morgan fingerprint density at radius 2 is 2.24 bits per heavy atom. The van der Waals surface area contributed by atoms with Gasteiger partial charge < -0.3 is 10.3 Å². The lowest BCUT2D eigenvalue weighted by Crippen LogP contribution is -2.33. The highest BCUT2D eigenvalue weighted by Crippen LogP contribution is 2.29. The molecule has 3 heterocycles. The van der Waals surface area contributed by atoms with Crippen LogP contribution in [-0.4, -0.2) is 23.3 Å². The van der Waals surface area contributed by atoms with E-state index in [-0.39, 0.29) is 0 Å². The first-order valence-electron chi connectivity index (χ1n) is 8.59. The third-order valence-corrected chi connectivity index (χ3v) is 6.88. The maximum atomic E-state index is 6.13. The molecule has 0 radical (unpaired) electrons. The second-order valence-corrected chi connectivity index (χ2v) is 8.85. The maximum Gasteiger partial charge on any atom is 0.0458 e. The highest BCUT2D eigenvalue weighted by molar-refractivity contribution is 7.98. The van der Waals surface area contributed by atoms with Gasteiger partial charge in [0.2, 0.25) is 0 Å². The number of halogens is 1. The van der Waals surface area contributed by atoms with Gasteiger partial charge in [0.1, 0.15) is 0 Å². The molecule has 1 aromatic carbocycles. The minimum atomic E-state index is 0.590. The number of rotatable bonds is 6. The summed E-state index contributed by atoms with van der Waals surface area (Å²) in [6.45, 7) is 0.990. The molecule has 5 heteroatoms. The number of hydrogen-bond donors (Lipinski definition) is 2. The molecule has 1 unspecified atom stereocenters. The van der Waals surface area contributed by atoms with E-state index in [9.17, 15) is 0 Å². The van der Waals surface area contributed by atoms with Crippen molar-refractivity contribution in [1.29, 1.82) is 0 Å². The Balaban J connectivity index is 1.28. The monoisotopic (exact) mass is 388 g/mol. The van der Waals surface area contributed by atoms with Gasteiger partial charge in [-0.05, 0) is 59.4 Å². The number of benzene rings is 1. The second kappa shape index (κ2) is 8.00. The maximum absolute atomic E-state index is 6.13. The topological polar surface area (TPSA) is 27.8 Å². The zero-order valence-corrected chi connectivity index (χ0v) is 16.3. The summed E-state index contributed by atoms with van der Waals surface area (Å²) in [6, 6.07) is 11.0. The van der Waals surface area contributed by atoms with Gasteiger partial charge in [0.05, 0.1) is 0 Å². The van der Waals surface area contributed by atoms with Crippen LogP contribution in [0.3, 0.4) is 0 Å². The van der Waals surface area contributed by atoms with Crippen molar-refractivity contribution >= 4 is 51.2 Å². The van der Waals surface area contributed by atoms with Gasteiger partial charge in [-0.15, -0.1) is 11.3 Å². The molecule has 3 aromatic rings. The minimum absolute atomic E-state index is 0.590. The van der Waals surface area contributed by atoms with E-state index < -0.39 is 0 Å². The Hall–Kier alpha value is -1.20. The zero-order valence-electron chi connectivity index (χ0n) is 13.9. The molecular weight excluding hydrogens is 368 g/mol. The van der Waals surface area contributed by atoms with Crippen LogP contribution in [0.15, 0.2) is 48.0 Å². The summed E-state index contributed by atoms with van der Waals surface area (Å²) < 4.78 is 0. The van der Waals surface area contributed by atoms with Gasteiger partial charge in [-0.25, -0.2) is 0 Å². The first kappa shape index (κ1) is 17.2. The highest BCUT2D eigenvalue weighted by atomic mass is 35.5. The van der Waals surface area contributed by atoms with Crippen LogP contribution in [0.5, 0.6) is 0 Å². The highest BCUT2D eigenvalue weighted by Gasteiger charge is 2.16. The van der Waals surface area contributed by atoms with Crippen molar-refractivity contribution in [2.24, 2.45) is 0 Å². The van der Waals surface area contributed by atoms with Crippen molar-refractivity contribution < 1.29 is 0 Å². The molecule has 0 fully saturated rings. The van der Waals surface area contributed by atoms with E-state index in [1.165, 1.54) is 39.1 Å². The average Bonchev–Trinajstić information content (AvgIpc) is 3.29. The SMILES string of the molecule is Clc1ccc2[nH]cc(CSCCC3CC(c4cccs4)=CCN3)c2c1. The van der Waals surface area contributed by atoms with Crippen LogP contribution >= 0.6 is 34.7 Å². The molecule has 1 aliphatic heterocycles. The molecule has 0 aliphatic carbocycles. The summed E-state index contributed by atoms with van der Waals surface area (Å²) in [6.07, 6.45) is 6.80. The van der Waals surface area contributed by atoms with Gasteiger partial charge in [0.15, 0.2) is 0 Å². The third kappa shape index (κ3) is 4.14. The summed E-state index contributed by atoms with van der Waals surface area (Å²) in [5.74, 6) is 2.20. The number of nitrogens with one attached hydrogen (secondary N) is 2.